The number of hydrogen-bond donors (Lipinski definition) is 1. The fourth-order valence-corrected chi connectivity index (χ4v) is 0.903. The zero-order valence-electron chi connectivity index (χ0n) is 7.76. The van der Waals surface area contributed by atoms with E-state index in [2.05, 4.69) is 32.9 Å². The lowest BCUT2D eigenvalue weighted by Crippen LogP contribution is -2.12. The van der Waals surface area contributed by atoms with Crippen LogP contribution in [0.15, 0.2) is 12.2 Å². The molecule has 0 aliphatic heterocycles. The van der Waals surface area contributed by atoms with E-state index in [0.29, 0.717) is 0 Å². The van der Waals surface area contributed by atoms with Crippen LogP contribution in [-0.2, 0) is 0 Å². The van der Waals surface area contributed by atoms with Crippen LogP contribution in [0.2, 0.25) is 0 Å². The van der Waals surface area contributed by atoms with E-state index in [0.717, 1.165) is 0 Å². The van der Waals surface area contributed by atoms with E-state index in [1.54, 1.807) is 0 Å². The molecule has 66 valence electrons. The van der Waals surface area contributed by atoms with E-state index in [1.807, 2.05) is 0 Å². The first kappa shape index (κ1) is 11.1. The van der Waals surface area contributed by atoms with Gasteiger partial charge in [0.15, 0.2) is 0 Å². The Balaban J connectivity index is 3.55. The molecule has 0 aromatic heterocycles. The van der Waals surface area contributed by atoms with Crippen molar-refractivity contribution in [1.82, 2.24) is 0 Å². The van der Waals surface area contributed by atoms with E-state index in [-0.39, 0.29) is 4.75 Å². The molecule has 0 saturated heterocycles. The van der Waals surface area contributed by atoms with Crippen molar-refractivity contribution in [2.24, 2.45) is 5.14 Å². The Morgan fingerprint density at radius 1 is 1.45 bits per heavy atom. The van der Waals surface area contributed by atoms with Gasteiger partial charge in [0, 0.05) is 4.75 Å². The molecule has 0 amide bonds. The maximum absolute atomic E-state index is 5.49. The van der Waals surface area contributed by atoms with Crippen LogP contribution in [0.5, 0.6) is 0 Å². The number of nitrogens with two attached hydrogens (primary N) is 1. The van der Waals surface area contributed by atoms with E-state index in [9.17, 15) is 0 Å². The van der Waals surface area contributed by atoms with Gasteiger partial charge in [-0.25, -0.2) is 0 Å². The van der Waals surface area contributed by atoms with Crippen molar-refractivity contribution in [2.75, 3.05) is 0 Å². The van der Waals surface area contributed by atoms with Crippen molar-refractivity contribution >= 4 is 11.9 Å². The van der Waals surface area contributed by atoms with Gasteiger partial charge in [-0.2, -0.15) is 0 Å². The predicted octanol–water partition coefficient (Wildman–Crippen LogP) is 3.12. The molecule has 1 nitrogen and oxygen atoms in total. The van der Waals surface area contributed by atoms with Gasteiger partial charge < -0.3 is 0 Å². The Labute approximate surface area is 74.6 Å². The number of rotatable bonds is 5. The molecule has 2 N–H and O–H groups in total. The maximum Gasteiger partial charge on any atom is 0.0425 e. The summed E-state index contributed by atoms with van der Waals surface area (Å²) >= 11 is 1.40. The molecular formula is C9H19NS. The van der Waals surface area contributed by atoms with Crippen LogP contribution in [0.25, 0.3) is 0 Å². The van der Waals surface area contributed by atoms with Gasteiger partial charge >= 0.3 is 0 Å². The standard InChI is InChI=1S/C9H19NS/c1-4-5-6-7-8-9(2,3)11-10/h7-8H,4-6,10H2,1-3H3. The molecule has 0 aromatic carbocycles. The molecule has 0 aliphatic rings. The molecule has 0 fully saturated rings. The molecule has 0 aromatic rings. The first-order valence-corrected chi connectivity index (χ1v) is 5.06. The van der Waals surface area contributed by atoms with Crippen LogP contribution < -0.4 is 5.14 Å². The average Bonchev–Trinajstić information content (AvgIpc) is 1.99. The maximum atomic E-state index is 5.49. The molecule has 0 bridgehead atoms. The van der Waals surface area contributed by atoms with Gasteiger partial charge in [-0.05, 0) is 20.3 Å². The topological polar surface area (TPSA) is 26.0 Å². The summed E-state index contributed by atoms with van der Waals surface area (Å²) in [5.74, 6) is 0. The molecule has 2 heteroatoms. The second-order valence-electron chi connectivity index (χ2n) is 3.27. The zero-order chi connectivity index (χ0) is 8.74. The van der Waals surface area contributed by atoms with E-state index >= 15 is 0 Å². The smallest absolute Gasteiger partial charge is 0.0425 e. The van der Waals surface area contributed by atoms with Crippen LogP contribution in [-0.4, -0.2) is 4.75 Å². The van der Waals surface area contributed by atoms with Crippen LogP contribution >= 0.6 is 11.9 Å². The van der Waals surface area contributed by atoms with E-state index < -0.39 is 0 Å². The summed E-state index contributed by atoms with van der Waals surface area (Å²) in [6, 6.07) is 0. The SMILES string of the molecule is CCCCC=CC(C)(C)SN. The second-order valence-corrected chi connectivity index (χ2v) is 4.55. The third-order valence-corrected chi connectivity index (χ3v) is 2.29. The van der Waals surface area contributed by atoms with Crippen LogP contribution in [0.4, 0.5) is 0 Å². The molecule has 11 heavy (non-hydrogen) atoms. The lowest BCUT2D eigenvalue weighted by molar-refractivity contribution is 0.804. The Morgan fingerprint density at radius 2 is 2.09 bits per heavy atom. The van der Waals surface area contributed by atoms with Gasteiger partial charge in [0.25, 0.3) is 0 Å². The van der Waals surface area contributed by atoms with Crippen molar-refractivity contribution in [3.63, 3.8) is 0 Å². The summed E-state index contributed by atoms with van der Waals surface area (Å²) in [4.78, 5) is 0. The Bertz CT molecular complexity index is 119. The van der Waals surface area contributed by atoms with Gasteiger partial charge in [-0.3, -0.25) is 5.14 Å². The Hall–Kier alpha value is 0.0500. The van der Waals surface area contributed by atoms with Gasteiger partial charge in [0.2, 0.25) is 0 Å². The fraction of sp³-hybridized carbons (Fsp3) is 0.778. The molecule has 0 aliphatic carbocycles. The van der Waals surface area contributed by atoms with Crippen LogP contribution in [0.1, 0.15) is 40.0 Å². The van der Waals surface area contributed by atoms with Gasteiger partial charge in [0.05, 0.1) is 0 Å². The third-order valence-electron chi connectivity index (χ3n) is 1.55. The van der Waals surface area contributed by atoms with Gasteiger partial charge in [0.1, 0.15) is 0 Å². The van der Waals surface area contributed by atoms with Crippen molar-refractivity contribution in [3.8, 4) is 0 Å². The number of hydrogen-bond acceptors (Lipinski definition) is 2. The molecule has 0 radical (unpaired) electrons. The first-order chi connectivity index (χ1) is 5.12. The Morgan fingerprint density at radius 3 is 2.55 bits per heavy atom. The predicted molar refractivity (Wildman–Crippen MR) is 54.5 cm³/mol. The quantitative estimate of drug-likeness (QED) is 0.393. The molecule has 0 atom stereocenters. The highest BCUT2D eigenvalue weighted by atomic mass is 32.2. The molecule has 0 unspecified atom stereocenters. The van der Waals surface area contributed by atoms with E-state index in [4.69, 9.17) is 5.14 Å². The normalized spacial score (nSPS) is 12.7. The first-order valence-electron chi connectivity index (χ1n) is 4.18. The molecule has 0 heterocycles. The summed E-state index contributed by atoms with van der Waals surface area (Å²) in [6.07, 6.45) is 8.14. The van der Waals surface area contributed by atoms with Crippen molar-refractivity contribution in [3.05, 3.63) is 12.2 Å². The molecule has 0 spiro atoms. The highest BCUT2D eigenvalue weighted by Crippen LogP contribution is 2.20. The fourth-order valence-electron chi connectivity index (χ4n) is 0.728. The lowest BCUT2D eigenvalue weighted by atomic mass is 10.1. The van der Waals surface area contributed by atoms with Crippen LogP contribution in [0, 0.1) is 0 Å². The minimum atomic E-state index is 0.105. The minimum absolute atomic E-state index is 0.105. The highest BCUT2D eigenvalue weighted by Gasteiger charge is 2.10. The molecule has 0 saturated carbocycles. The molecule has 0 rings (SSSR count). The highest BCUT2D eigenvalue weighted by molar-refractivity contribution is 7.98. The van der Waals surface area contributed by atoms with E-state index in [1.165, 1.54) is 31.2 Å². The van der Waals surface area contributed by atoms with Gasteiger partial charge in [-0.15, -0.1) is 0 Å². The van der Waals surface area contributed by atoms with Gasteiger partial charge in [-0.1, -0.05) is 43.9 Å². The largest absolute Gasteiger partial charge is 0.277 e. The monoisotopic (exact) mass is 173 g/mol. The summed E-state index contributed by atoms with van der Waals surface area (Å²) in [5.41, 5.74) is 0. The summed E-state index contributed by atoms with van der Waals surface area (Å²) in [5, 5.41) is 5.49. The molecular weight excluding hydrogens is 154 g/mol. The van der Waals surface area contributed by atoms with Crippen LogP contribution in [0.3, 0.4) is 0 Å². The third kappa shape index (κ3) is 6.45. The Kier molecular flexibility index (Phi) is 5.69. The summed E-state index contributed by atoms with van der Waals surface area (Å²) < 4.78 is 0.105. The number of unbranched alkanes of at least 4 members (excludes halogenated alkanes) is 2. The minimum Gasteiger partial charge on any atom is -0.277 e. The lowest BCUT2D eigenvalue weighted by Gasteiger charge is -2.14. The summed E-state index contributed by atoms with van der Waals surface area (Å²) in [7, 11) is 0. The second kappa shape index (κ2) is 5.67. The number of allylic oxidation sites excluding steroid dienone is 1. The average molecular weight is 173 g/mol. The zero-order valence-corrected chi connectivity index (χ0v) is 8.58. The summed E-state index contributed by atoms with van der Waals surface area (Å²) in [6.45, 7) is 6.46. The van der Waals surface area contributed by atoms with Crippen molar-refractivity contribution in [1.29, 1.82) is 0 Å². The van der Waals surface area contributed by atoms with Crippen molar-refractivity contribution in [2.45, 2.75) is 44.8 Å². The van der Waals surface area contributed by atoms with Crippen molar-refractivity contribution < 1.29 is 0 Å².